The van der Waals surface area contributed by atoms with Crippen LogP contribution >= 0.6 is 11.8 Å². The fraction of sp³-hybridized carbons (Fsp3) is 0.286. The van der Waals surface area contributed by atoms with Crippen molar-refractivity contribution in [2.24, 2.45) is 0 Å². The Hall–Kier alpha value is -1.95. The van der Waals surface area contributed by atoms with Crippen molar-refractivity contribution in [3.63, 3.8) is 0 Å². The zero-order valence-corrected chi connectivity index (χ0v) is 12.4. The molecule has 1 aromatic heterocycles. The Labute approximate surface area is 121 Å². The first kappa shape index (κ1) is 14.5. The maximum Gasteiger partial charge on any atom is 0.238 e. The predicted molar refractivity (Wildman–Crippen MR) is 78.2 cm³/mol. The average molecular weight is 292 g/mol. The molecule has 6 heteroatoms. The van der Waals surface area contributed by atoms with Gasteiger partial charge in [-0.25, -0.2) is 0 Å². The summed E-state index contributed by atoms with van der Waals surface area (Å²) in [6, 6.07) is 9.27. The molecule has 0 radical (unpaired) electrons. The van der Waals surface area contributed by atoms with Crippen molar-refractivity contribution in [2.45, 2.75) is 24.0 Å². The minimum Gasteiger partial charge on any atom is -0.497 e. The van der Waals surface area contributed by atoms with Gasteiger partial charge in [-0.05, 0) is 38.1 Å². The number of nitrogens with one attached hydrogen (secondary N) is 1. The molecule has 1 amide bonds. The summed E-state index contributed by atoms with van der Waals surface area (Å²) >= 11 is 1.47. The van der Waals surface area contributed by atoms with Gasteiger partial charge in [0, 0.05) is 11.0 Å². The first-order valence-electron chi connectivity index (χ1n) is 6.13. The summed E-state index contributed by atoms with van der Waals surface area (Å²) in [5, 5.41) is 6.22. The van der Waals surface area contributed by atoms with Crippen LogP contribution in [0.15, 0.2) is 39.8 Å². The SMILES string of the molecule is COc1ccc(SC(C)C(=O)Nc2cc(C)on2)cc1. The van der Waals surface area contributed by atoms with Gasteiger partial charge in [-0.15, -0.1) is 11.8 Å². The number of aromatic nitrogens is 1. The zero-order valence-electron chi connectivity index (χ0n) is 11.5. The van der Waals surface area contributed by atoms with Gasteiger partial charge in [-0.2, -0.15) is 0 Å². The number of thioether (sulfide) groups is 1. The van der Waals surface area contributed by atoms with Gasteiger partial charge in [-0.3, -0.25) is 4.79 Å². The first-order chi connectivity index (χ1) is 9.58. The van der Waals surface area contributed by atoms with Crippen molar-refractivity contribution < 1.29 is 14.1 Å². The van der Waals surface area contributed by atoms with Gasteiger partial charge >= 0.3 is 0 Å². The highest BCUT2D eigenvalue weighted by molar-refractivity contribution is 8.00. The Balaban J connectivity index is 1.92. The van der Waals surface area contributed by atoms with Crippen LogP contribution in [0.25, 0.3) is 0 Å². The van der Waals surface area contributed by atoms with E-state index in [1.807, 2.05) is 31.2 Å². The summed E-state index contributed by atoms with van der Waals surface area (Å²) in [5.74, 6) is 1.79. The summed E-state index contributed by atoms with van der Waals surface area (Å²) in [6.07, 6.45) is 0. The van der Waals surface area contributed by atoms with Crippen molar-refractivity contribution in [3.8, 4) is 5.75 Å². The Morgan fingerprint density at radius 2 is 2.10 bits per heavy atom. The monoisotopic (exact) mass is 292 g/mol. The third-order valence-corrected chi connectivity index (χ3v) is 3.73. The van der Waals surface area contributed by atoms with E-state index in [1.54, 1.807) is 20.1 Å². The van der Waals surface area contributed by atoms with E-state index >= 15 is 0 Å². The number of benzene rings is 1. The molecule has 1 heterocycles. The number of anilines is 1. The van der Waals surface area contributed by atoms with E-state index in [0.717, 1.165) is 10.6 Å². The van der Waals surface area contributed by atoms with Gasteiger partial charge in [0.2, 0.25) is 5.91 Å². The number of amides is 1. The van der Waals surface area contributed by atoms with E-state index in [0.29, 0.717) is 11.6 Å². The topological polar surface area (TPSA) is 64.4 Å². The number of carbonyl (C=O) groups excluding carboxylic acids is 1. The molecule has 1 unspecified atom stereocenters. The van der Waals surface area contributed by atoms with Gasteiger partial charge < -0.3 is 14.6 Å². The largest absolute Gasteiger partial charge is 0.497 e. The Morgan fingerprint density at radius 1 is 1.40 bits per heavy atom. The lowest BCUT2D eigenvalue weighted by Crippen LogP contribution is -2.22. The van der Waals surface area contributed by atoms with Crippen LogP contribution in [-0.4, -0.2) is 23.4 Å². The molecule has 2 rings (SSSR count). The fourth-order valence-corrected chi connectivity index (χ4v) is 2.43. The van der Waals surface area contributed by atoms with Gasteiger partial charge in [0.05, 0.1) is 12.4 Å². The van der Waals surface area contributed by atoms with Gasteiger partial charge in [0.1, 0.15) is 11.5 Å². The van der Waals surface area contributed by atoms with Crippen molar-refractivity contribution in [1.82, 2.24) is 5.16 Å². The number of ether oxygens (including phenoxy) is 1. The molecule has 1 N–H and O–H groups in total. The normalized spacial score (nSPS) is 11.9. The van der Waals surface area contributed by atoms with Crippen LogP contribution in [0, 0.1) is 6.92 Å². The van der Waals surface area contributed by atoms with Crippen LogP contribution in [0.1, 0.15) is 12.7 Å². The molecular weight excluding hydrogens is 276 g/mol. The number of carbonyl (C=O) groups is 1. The molecule has 0 fully saturated rings. The van der Waals surface area contributed by atoms with Crippen molar-refractivity contribution >= 4 is 23.5 Å². The van der Waals surface area contributed by atoms with E-state index in [2.05, 4.69) is 10.5 Å². The first-order valence-corrected chi connectivity index (χ1v) is 7.01. The molecule has 0 saturated carbocycles. The Morgan fingerprint density at radius 3 is 2.65 bits per heavy atom. The lowest BCUT2D eigenvalue weighted by atomic mass is 10.3. The smallest absolute Gasteiger partial charge is 0.238 e. The quantitative estimate of drug-likeness (QED) is 0.858. The number of rotatable bonds is 5. The average Bonchev–Trinajstić information content (AvgIpc) is 2.85. The number of methoxy groups -OCH3 is 1. The Bertz CT molecular complexity index is 580. The maximum atomic E-state index is 12.0. The lowest BCUT2D eigenvalue weighted by molar-refractivity contribution is -0.115. The zero-order chi connectivity index (χ0) is 14.5. The van der Waals surface area contributed by atoms with E-state index in [1.165, 1.54) is 11.8 Å². The summed E-state index contributed by atoms with van der Waals surface area (Å²) in [6.45, 7) is 3.62. The number of hydrogen-bond acceptors (Lipinski definition) is 5. The summed E-state index contributed by atoms with van der Waals surface area (Å²) in [4.78, 5) is 13.0. The van der Waals surface area contributed by atoms with Crippen LogP contribution in [0.5, 0.6) is 5.75 Å². The van der Waals surface area contributed by atoms with Gasteiger partial charge in [0.15, 0.2) is 5.82 Å². The van der Waals surface area contributed by atoms with Crippen molar-refractivity contribution in [1.29, 1.82) is 0 Å². The summed E-state index contributed by atoms with van der Waals surface area (Å²) in [7, 11) is 1.62. The lowest BCUT2D eigenvalue weighted by Gasteiger charge is -2.10. The fourth-order valence-electron chi connectivity index (χ4n) is 1.57. The minimum atomic E-state index is -0.236. The molecule has 20 heavy (non-hydrogen) atoms. The van der Waals surface area contributed by atoms with E-state index in [-0.39, 0.29) is 11.2 Å². The number of hydrogen-bond donors (Lipinski definition) is 1. The third kappa shape index (κ3) is 3.77. The van der Waals surface area contributed by atoms with Crippen LogP contribution < -0.4 is 10.1 Å². The maximum absolute atomic E-state index is 12.0. The minimum absolute atomic E-state index is 0.112. The van der Waals surface area contributed by atoms with Gasteiger partial charge in [0.25, 0.3) is 0 Å². The number of nitrogens with zero attached hydrogens (tertiary/aromatic N) is 1. The van der Waals surface area contributed by atoms with Crippen LogP contribution in [-0.2, 0) is 4.79 Å². The van der Waals surface area contributed by atoms with Crippen molar-refractivity contribution in [3.05, 3.63) is 36.1 Å². The second-order valence-corrected chi connectivity index (χ2v) is 5.66. The van der Waals surface area contributed by atoms with E-state index in [9.17, 15) is 4.79 Å². The highest BCUT2D eigenvalue weighted by atomic mass is 32.2. The predicted octanol–water partition coefficient (Wildman–Crippen LogP) is 3.11. The van der Waals surface area contributed by atoms with E-state index in [4.69, 9.17) is 9.26 Å². The second-order valence-electron chi connectivity index (χ2n) is 4.25. The second kappa shape index (κ2) is 6.47. The van der Waals surface area contributed by atoms with Crippen molar-refractivity contribution in [2.75, 3.05) is 12.4 Å². The number of aryl methyl sites for hydroxylation is 1. The van der Waals surface area contributed by atoms with Crippen LogP contribution in [0.4, 0.5) is 5.82 Å². The highest BCUT2D eigenvalue weighted by Crippen LogP contribution is 2.26. The van der Waals surface area contributed by atoms with Crippen LogP contribution in [0.2, 0.25) is 0 Å². The standard InChI is InChI=1S/C14H16N2O3S/c1-9-8-13(16-19-9)15-14(17)10(2)20-12-6-4-11(18-3)5-7-12/h4-8,10H,1-3H3,(H,15,16,17). The van der Waals surface area contributed by atoms with E-state index < -0.39 is 0 Å². The summed E-state index contributed by atoms with van der Waals surface area (Å²) in [5.41, 5.74) is 0. The molecule has 5 nitrogen and oxygen atoms in total. The molecule has 106 valence electrons. The Kier molecular flexibility index (Phi) is 4.68. The molecule has 0 bridgehead atoms. The molecular formula is C14H16N2O3S. The highest BCUT2D eigenvalue weighted by Gasteiger charge is 2.16. The molecule has 0 aliphatic rings. The molecule has 0 saturated heterocycles. The molecule has 0 aliphatic heterocycles. The molecule has 2 aromatic rings. The third-order valence-electron chi connectivity index (χ3n) is 2.62. The molecule has 1 aromatic carbocycles. The summed E-state index contributed by atoms with van der Waals surface area (Å²) < 4.78 is 10.00. The van der Waals surface area contributed by atoms with Gasteiger partial charge in [-0.1, -0.05) is 5.16 Å². The van der Waals surface area contributed by atoms with Crippen LogP contribution in [0.3, 0.4) is 0 Å². The molecule has 0 aliphatic carbocycles. The molecule has 1 atom stereocenters. The molecule has 0 spiro atoms.